The normalized spacial score (nSPS) is 21.5. The number of hydrogen-bond donors (Lipinski definition) is 0. The quantitative estimate of drug-likeness (QED) is 0.337. The average Bonchev–Trinajstić information content (AvgIpc) is 2.57. The molecule has 1 aliphatic rings. The SMILES string of the molecule is CCCCCCC1CCC(c2cc(F)c(C=CC(F)(F)F)c(F)c2)CC1. The highest BCUT2D eigenvalue weighted by Crippen LogP contribution is 2.38. The van der Waals surface area contributed by atoms with Crippen molar-refractivity contribution in [2.45, 2.75) is 76.8 Å². The lowest BCUT2D eigenvalue weighted by atomic mass is 9.77. The van der Waals surface area contributed by atoms with Crippen molar-refractivity contribution < 1.29 is 22.0 Å². The molecule has 0 aliphatic heterocycles. The largest absolute Gasteiger partial charge is 0.409 e. The van der Waals surface area contributed by atoms with Gasteiger partial charge in [0, 0.05) is 11.6 Å². The molecule has 1 aliphatic carbocycles. The molecule has 1 saturated carbocycles. The van der Waals surface area contributed by atoms with Gasteiger partial charge in [0.1, 0.15) is 11.6 Å². The molecule has 1 aromatic carbocycles. The summed E-state index contributed by atoms with van der Waals surface area (Å²) >= 11 is 0. The second-order valence-corrected chi connectivity index (χ2v) is 7.34. The fourth-order valence-electron chi connectivity index (χ4n) is 3.82. The molecule has 26 heavy (non-hydrogen) atoms. The molecule has 0 bridgehead atoms. The first-order valence-electron chi connectivity index (χ1n) is 9.55. The summed E-state index contributed by atoms with van der Waals surface area (Å²) in [6.07, 6.45) is 5.81. The minimum atomic E-state index is -4.59. The van der Waals surface area contributed by atoms with Gasteiger partial charge < -0.3 is 0 Å². The first-order chi connectivity index (χ1) is 12.3. The number of halogens is 5. The van der Waals surface area contributed by atoms with Gasteiger partial charge in [-0.05, 0) is 61.3 Å². The van der Waals surface area contributed by atoms with E-state index in [4.69, 9.17) is 0 Å². The average molecular weight is 374 g/mol. The minimum absolute atomic E-state index is 0.0894. The molecular weight excluding hydrogens is 347 g/mol. The van der Waals surface area contributed by atoms with Gasteiger partial charge in [-0.2, -0.15) is 13.2 Å². The van der Waals surface area contributed by atoms with Crippen molar-refractivity contribution in [3.63, 3.8) is 0 Å². The van der Waals surface area contributed by atoms with Gasteiger partial charge in [0.25, 0.3) is 0 Å². The Bertz CT molecular complexity index is 572. The first-order valence-corrected chi connectivity index (χ1v) is 9.55. The van der Waals surface area contributed by atoms with E-state index in [9.17, 15) is 22.0 Å². The van der Waals surface area contributed by atoms with Crippen molar-refractivity contribution in [3.05, 3.63) is 41.0 Å². The second-order valence-electron chi connectivity index (χ2n) is 7.34. The molecule has 1 fully saturated rings. The molecule has 0 N–H and O–H groups in total. The second kappa shape index (κ2) is 9.52. The van der Waals surface area contributed by atoms with Crippen LogP contribution < -0.4 is 0 Å². The Hall–Kier alpha value is -1.39. The topological polar surface area (TPSA) is 0 Å². The molecule has 2 rings (SSSR count). The molecule has 5 heteroatoms. The van der Waals surface area contributed by atoms with Crippen LogP contribution in [0.4, 0.5) is 22.0 Å². The molecule has 0 aromatic heterocycles. The maximum atomic E-state index is 14.1. The molecule has 0 saturated heterocycles. The third-order valence-electron chi connectivity index (χ3n) is 5.32. The van der Waals surface area contributed by atoms with E-state index in [0.717, 1.165) is 25.7 Å². The predicted molar refractivity (Wildman–Crippen MR) is 94.9 cm³/mol. The lowest BCUT2D eigenvalue weighted by molar-refractivity contribution is -0.0790. The smallest absolute Gasteiger partial charge is 0.206 e. The molecule has 0 radical (unpaired) electrons. The van der Waals surface area contributed by atoms with Crippen LogP contribution >= 0.6 is 0 Å². The third kappa shape index (κ3) is 6.40. The van der Waals surface area contributed by atoms with E-state index >= 15 is 0 Å². The van der Waals surface area contributed by atoms with E-state index in [1.54, 1.807) is 0 Å². The van der Waals surface area contributed by atoms with E-state index in [2.05, 4.69) is 6.92 Å². The summed E-state index contributed by atoms with van der Waals surface area (Å²) in [7, 11) is 0. The van der Waals surface area contributed by atoms with Gasteiger partial charge in [0.15, 0.2) is 0 Å². The maximum Gasteiger partial charge on any atom is 0.409 e. The molecule has 0 heterocycles. The van der Waals surface area contributed by atoms with Crippen LogP contribution in [0.15, 0.2) is 18.2 Å². The zero-order valence-electron chi connectivity index (χ0n) is 15.2. The van der Waals surface area contributed by atoms with Crippen LogP contribution in [0.1, 0.15) is 81.8 Å². The van der Waals surface area contributed by atoms with Gasteiger partial charge in [-0.25, -0.2) is 8.78 Å². The van der Waals surface area contributed by atoms with E-state index in [1.807, 2.05) is 0 Å². The number of hydrogen-bond acceptors (Lipinski definition) is 0. The molecule has 0 unspecified atom stereocenters. The van der Waals surface area contributed by atoms with Gasteiger partial charge in [0.2, 0.25) is 0 Å². The van der Waals surface area contributed by atoms with Crippen LogP contribution in [0, 0.1) is 17.6 Å². The molecule has 0 atom stereocenters. The standard InChI is InChI=1S/C21H27F5/c1-2-3-4-5-6-15-7-9-16(10-8-15)17-13-19(22)18(20(23)14-17)11-12-21(24,25)26/h11-16H,2-10H2,1H3. The van der Waals surface area contributed by atoms with Crippen LogP contribution in [-0.2, 0) is 0 Å². The van der Waals surface area contributed by atoms with Crippen LogP contribution in [0.3, 0.4) is 0 Å². The van der Waals surface area contributed by atoms with Gasteiger partial charge >= 0.3 is 6.18 Å². The van der Waals surface area contributed by atoms with Crippen molar-refractivity contribution >= 4 is 6.08 Å². The summed E-state index contributed by atoms with van der Waals surface area (Å²) in [5.41, 5.74) is -0.0655. The van der Waals surface area contributed by atoms with E-state index in [1.165, 1.54) is 44.2 Å². The number of allylic oxidation sites excluding steroid dienone is 1. The molecule has 0 spiro atoms. The van der Waals surface area contributed by atoms with Crippen molar-refractivity contribution in [1.29, 1.82) is 0 Å². The summed E-state index contributed by atoms with van der Waals surface area (Å²) in [4.78, 5) is 0. The first kappa shape index (κ1) is 20.9. The lowest BCUT2D eigenvalue weighted by Crippen LogP contribution is -2.14. The van der Waals surface area contributed by atoms with Crippen LogP contribution in [0.5, 0.6) is 0 Å². The van der Waals surface area contributed by atoms with E-state index in [0.29, 0.717) is 17.6 Å². The van der Waals surface area contributed by atoms with Crippen molar-refractivity contribution in [2.75, 3.05) is 0 Å². The summed E-state index contributed by atoms with van der Waals surface area (Å²) in [6.45, 7) is 2.19. The Morgan fingerprint density at radius 3 is 2.12 bits per heavy atom. The molecule has 1 aromatic rings. The summed E-state index contributed by atoms with van der Waals surface area (Å²) < 4.78 is 64.8. The Morgan fingerprint density at radius 1 is 0.962 bits per heavy atom. The zero-order chi connectivity index (χ0) is 19.2. The predicted octanol–water partition coefficient (Wildman–Crippen LogP) is 7.78. The highest BCUT2D eigenvalue weighted by Gasteiger charge is 2.25. The summed E-state index contributed by atoms with van der Waals surface area (Å²) in [6, 6.07) is 2.40. The van der Waals surface area contributed by atoms with Gasteiger partial charge in [-0.3, -0.25) is 0 Å². The summed E-state index contributed by atoms with van der Waals surface area (Å²) in [5.74, 6) is -1.08. The Labute approximate surface area is 152 Å². The molecule has 0 amide bonds. The van der Waals surface area contributed by atoms with Crippen molar-refractivity contribution in [3.8, 4) is 0 Å². The maximum absolute atomic E-state index is 14.1. The lowest BCUT2D eigenvalue weighted by Gasteiger charge is -2.29. The zero-order valence-corrected chi connectivity index (χ0v) is 15.2. The monoisotopic (exact) mass is 374 g/mol. The number of benzene rings is 1. The Morgan fingerprint density at radius 2 is 1.58 bits per heavy atom. The Kier molecular flexibility index (Phi) is 7.66. The fraction of sp³-hybridized carbons (Fsp3) is 0.619. The number of unbranched alkanes of at least 4 members (excludes halogenated alkanes) is 3. The Balaban J connectivity index is 1.95. The van der Waals surface area contributed by atoms with E-state index in [-0.39, 0.29) is 12.0 Å². The van der Waals surface area contributed by atoms with Gasteiger partial charge in [0.05, 0.1) is 0 Å². The van der Waals surface area contributed by atoms with Crippen LogP contribution in [0.2, 0.25) is 0 Å². The highest BCUT2D eigenvalue weighted by atomic mass is 19.4. The number of rotatable bonds is 7. The van der Waals surface area contributed by atoms with Crippen LogP contribution in [-0.4, -0.2) is 6.18 Å². The highest BCUT2D eigenvalue weighted by molar-refractivity contribution is 5.52. The molecular formula is C21H27F5. The van der Waals surface area contributed by atoms with Crippen molar-refractivity contribution in [2.24, 2.45) is 5.92 Å². The third-order valence-corrected chi connectivity index (χ3v) is 5.32. The molecule has 0 nitrogen and oxygen atoms in total. The van der Waals surface area contributed by atoms with Gasteiger partial charge in [-0.1, -0.05) is 39.0 Å². The van der Waals surface area contributed by atoms with E-state index < -0.39 is 23.4 Å². The number of alkyl halides is 3. The summed E-state index contributed by atoms with van der Waals surface area (Å²) in [5, 5.41) is 0. The fourth-order valence-corrected chi connectivity index (χ4v) is 3.82. The van der Waals surface area contributed by atoms with Crippen molar-refractivity contribution in [1.82, 2.24) is 0 Å². The minimum Gasteiger partial charge on any atom is -0.206 e. The van der Waals surface area contributed by atoms with Crippen LogP contribution in [0.25, 0.3) is 6.08 Å². The van der Waals surface area contributed by atoms with Gasteiger partial charge in [-0.15, -0.1) is 0 Å². The molecule has 146 valence electrons.